The third kappa shape index (κ3) is 2.94. The number of rotatable bonds is 2. The molecule has 76 valence electrons. The van der Waals surface area contributed by atoms with Crippen LogP contribution in [0.2, 0.25) is 15.1 Å². The second kappa shape index (κ2) is 4.73. The Morgan fingerprint density at radius 2 is 1.64 bits per heavy atom. The minimum absolute atomic E-state index is 0.00733. The number of nitrogens with two attached hydrogens (primary N) is 2. The van der Waals surface area contributed by atoms with Crippen molar-refractivity contribution in [3.05, 3.63) is 32.8 Å². The summed E-state index contributed by atoms with van der Waals surface area (Å²) in [6, 6.07) is 3.18. The number of benzene rings is 1. The lowest BCUT2D eigenvalue weighted by Crippen LogP contribution is -2.22. The molecule has 6 heteroatoms. The summed E-state index contributed by atoms with van der Waals surface area (Å²) in [7, 11) is 0. The lowest BCUT2D eigenvalue weighted by atomic mass is 10.2. The summed E-state index contributed by atoms with van der Waals surface area (Å²) in [4.78, 5) is 3.81. The molecule has 0 saturated heterocycles. The minimum atomic E-state index is -0.00733. The van der Waals surface area contributed by atoms with Crippen molar-refractivity contribution in [3.63, 3.8) is 0 Å². The van der Waals surface area contributed by atoms with Crippen molar-refractivity contribution in [1.82, 2.24) is 0 Å². The van der Waals surface area contributed by atoms with Crippen LogP contribution in [-0.4, -0.2) is 5.96 Å². The van der Waals surface area contributed by atoms with Crippen molar-refractivity contribution in [2.45, 2.75) is 6.54 Å². The maximum Gasteiger partial charge on any atom is 0.186 e. The first-order chi connectivity index (χ1) is 6.50. The molecule has 0 radical (unpaired) electrons. The molecule has 1 rings (SSSR count). The number of aliphatic imine (C=N–C) groups is 1. The molecule has 0 saturated carbocycles. The molecule has 0 aliphatic rings. The van der Waals surface area contributed by atoms with E-state index in [0.29, 0.717) is 20.6 Å². The minimum Gasteiger partial charge on any atom is -0.370 e. The summed E-state index contributed by atoms with van der Waals surface area (Å²) < 4.78 is 0. The van der Waals surface area contributed by atoms with Gasteiger partial charge in [0.2, 0.25) is 0 Å². The Labute approximate surface area is 96.6 Å². The highest BCUT2D eigenvalue weighted by Gasteiger charge is 2.06. The summed E-state index contributed by atoms with van der Waals surface area (Å²) in [6.45, 7) is 0.247. The smallest absolute Gasteiger partial charge is 0.186 e. The molecule has 3 nitrogen and oxygen atoms in total. The van der Waals surface area contributed by atoms with Crippen LogP contribution in [0.4, 0.5) is 0 Å². The first kappa shape index (κ1) is 11.4. The molecular formula is C8H8Cl3N3. The topological polar surface area (TPSA) is 64.4 Å². The van der Waals surface area contributed by atoms with Crippen LogP contribution < -0.4 is 11.5 Å². The Hall–Kier alpha value is -0.640. The van der Waals surface area contributed by atoms with Gasteiger partial charge in [-0.2, -0.15) is 0 Å². The van der Waals surface area contributed by atoms with E-state index in [1.54, 1.807) is 12.1 Å². The van der Waals surface area contributed by atoms with Gasteiger partial charge in [-0.15, -0.1) is 0 Å². The summed E-state index contributed by atoms with van der Waals surface area (Å²) >= 11 is 17.5. The Bertz CT molecular complexity index is 349. The molecule has 14 heavy (non-hydrogen) atoms. The summed E-state index contributed by atoms with van der Waals surface area (Å²) in [5, 5.41) is 1.38. The lowest BCUT2D eigenvalue weighted by Gasteiger charge is -2.04. The summed E-state index contributed by atoms with van der Waals surface area (Å²) in [5.74, 6) is -0.00733. The molecule has 4 N–H and O–H groups in total. The fraction of sp³-hybridized carbons (Fsp3) is 0.125. The molecule has 0 aliphatic heterocycles. The monoisotopic (exact) mass is 251 g/mol. The third-order valence-corrected chi connectivity index (χ3v) is 2.42. The maximum atomic E-state index is 5.90. The second-order valence-corrected chi connectivity index (χ2v) is 3.84. The van der Waals surface area contributed by atoms with Crippen LogP contribution in [0.15, 0.2) is 17.1 Å². The van der Waals surface area contributed by atoms with Crippen molar-refractivity contribution in [3.8, 4) is 0 Å². The van der Waals surface area contributed by atoms with E-state index in [1.807, 2.05) is 0 Å². The van der Waals surface area contributed by atoms with Crippen LogP contribution in [0.5, 0.6) is 0 Å². The molecule has 0 fully saturated rings. The number of guanidine groups is 1. The van der Waals surface area contributed by atoms with E-state index in [0.717, 1.165) is 0 Å². The molecule has 0 heterocycles. The van der Waals surface area contributed by atoms with Gasteiger partial charge < -0.3 is 11.5 Å². The number of hydrogen-bond acceptors (Lipinski definition) is 1. The van der Waals surface area contributed by atoms with Gasteiger partial charge in [0.25, 0.3) is 0 Å². The van der Waals surface area contributed by atoms with Crippen molar-refractivity contribution < 1.29 is 0 Å². The van der Waals surface area contributed by atoms with Crippen molar-refractivity contribution in [1.29, 1.82) is 0 Å². The fourth-order valence-corrected chi connectivity index (χ4v) is 1.83. The number of nitrogens with zero attached hydrogens (tertiary/aromatic N) is 1. The average Bonchev–Trinajstić information content (AvgIpc) is 2.01. The second-order valence-electron chi connectivity index (χ2n) is 2.59. The molecule has 0 spiro atoms. The van der Waals surface area contributed by atoms with Crippen molar-refractivity contribution in [2.24, 2.45) is 16.5 Å². The van der Waals surface area contributed by atoms with Crippen LogP contribution in [0.3, 0.4) is 0 Å². The molecule has 1 aromatic rings. The molecule has 0 amide bonds. The van der Waals surface area contributed by atoms with E-state index in [2.05, 4.69) is 4.99 Å². The summed E-state index contributed by atoms with van der Waals surface area (Å²) in [6.07, 6.45) is 0. The van der Waals surface area contributed by atoms with E-state index < -0.39 is 0 Å². The van der Waals surface area contributed by atoms with Crippen LogP contribution in [0.1, 0.15) is 5.56 Å². The maximum absolute atomic E-state index is 5.90. The summed E-state index contributed by atoms with van der Waals surface area (Å²) in [5.41, 5.74) is 11.0. The van der Waals surface area contributed by atoms with E-state index >= 15 is 0 Å². The third-order valence-electron chi connectivity index (χ3n) is 1.53. The zero-order valence-corrected chi connectivity index (χ0v) is 9.37. The van der Waals surface area contributed by atoms with Gasteiger partial charge in [0, 0.05) is 20.6 Å². The van der Waals surface area contributed by atoms with Gasteiger partial charge in [0.05, 0.1) is 6.54 Å². The predicted molar refractivity (Wildman–Crippen MR) is 61.0 cm³/mol. The highest BCUT2D eigenvalue weighted by atomic mass is 35.5. The van der Waals surface area contributed by atoms with E-state index in [9.17, 15) is 0 Å². The zero-order chi connectivity index (χ0) is 10.7. The quantitative estimate of drug-likeness (QED) is 0.627. The van der Waals surface area contributed by atoms with Gasteiger partial charge in [-0.3, -0.25) is 0 Å². The van der Waals surface area contributed by atoms with E-state index in [4.69, 9.17) is 46.3 Å². The van der Waals surface area contributed by atoms with Gasteiger partial charge in [-0.1, -0.05) is 34.8 Å². The van der Waals surface area contributed by atoms with Gasteiger partial charge in [0.1, 0.15) is 0 Å². The Morgan fingerprint density at radius 1 is 1.14 bits per heavy atom. The van der Waals surface area contributed by atoms with Crippen LogP contribution in [0.25, 0.3) is 0 Å². The molecule has 0 unspecified atom stereocenters. The van der Waals surface area contributed by atoms with Gasteiger partial charge in [-0.05, 0) is 12.1 Å². The van der Waals surface area contributed by atoms with Gasteiger partial charge in [-0.25, -0.2) is 4.99 Å². The number of hydrogen-bond donors (Lipinski definition) is 2. The highest BCUT2D eigenvalue weighted by molar-refractivity contribution is 6.39. The first-order valence-corrected chi connectivity index (χ1v) is 4.83. The standard InChI is InChI=1S/C8H8Cl3N3/c9-4-1-6(10)5(7(11)2-4)3-14-8(12)13/h1-2H,3H2,(H4,12,13,14). The van der Waals surface area contributed by atoms with Crippen LogP contribution in [-0.2, 0) is 6.54 Å². The lowest BCUT2D eigenvalue weighted by molar-refractivity contribution is 1.06. The Balaban J connectivity index is 3.03. The SMILES string of the molecule is NC(N)=NCc1c(Cl)cc(Cl)cc1Cl. The predicted octanol–water partition coefficient (Wildman–Crippen LogP) is 2.42. The van der Waals surface area contributed by atoms with Gasteiger partial charge in [0.15, 0.2) is 5.96 Å². The largest absolute Gasteiger partial charge is 0.370 e. The molecular weight excluding hydrogens is 244 g/mol. The zero-order valence-electron chi connectivity index (χ0n) is 7.10. The number of halogens is 3. The Kier molecular flexibility index (Phi) is 3.86. The van der Waals surface area contributed by atoms with E-state index in [-0.39, 0.29) is 12.5 Å². The van der Waals surface area contributed by atoms with E-state index in [1.165, 1.54) is 0 Å². The molecule has 0 aromatic heterocycles. The Morgan fingerprint density at radius 3 is 2.07 bits per heavy atom. The van der Waals surface area contributed by atoms with Crippen LogP contribution >= 0.6 is 34.8 Å². The van der Waals surface area contributed by atoms with Crippen molar-refractivity contribution >= 4 is 40.8 Å². The molecule has 0 aliphatic carbocycles. The normalized spacial score (nSPS) is 9.93. The van der Waals surface area contributed by atoms with Crippen molar-refractivity contribution in [2.75, 3.05) is 0 Å². The molecule has 0 bridgehead atoms. The molecule has 1 aromatic carbocycles. The van der Waals surface area contributed by atoms with Gasteiger partial charge >= 0.3 is 0 Å². The van der Waals surface area contributed by atoms with Crippen LogP contribution in [0, 0.1) is 0 Å². The fourth-order valence-electron chi connectivity index (χ4n) is 0.893. The molecule has 0 atom stereocenters. The first-order valence-electron chi connectivity index (χ1n) is 3.69. The highest BCUT2D eigenvalue weighted by Crippen LogP contribution is 2.29. The average molecular weight is 253 g/mol.